The third kappa shape index (κ3) is 6.52. The number of carbonyl (C=O) groups excluding carboxylic acids is 2. The lowest BCUT2D eigenvalue weighted by Gasteiger charge is -2.20. The molecule has 0 saturated heterocycles. The van der Waals surface area contributed by atoms with Crippen LogP contribution in [0.25, 0.3) is 0 Å². The number of esters is 1. The minimum Gasteiger partial charge on any atom is -0.465 e. The largest absolute Gasteiger partial charge is 0.465 e. The molecule has 1 aromatic carbocycles. The SMILES string of the molecule is CCOC(=O)CN(C)c1ccc(NC(=S)NN(C)C(C)=O)cc1. The summed E-state index contributed by atoms with van der Waals surface area (Å²) < 4.78 is 4.92. The van der Waals surface area contributed by atoms with Gasteiger partial charge in [-0.3, -0.25) is 20.0 Å². The van der Waals surface area contributed by atoms with Gasteiger partial charge in [0.2, 0.25) is 5.91 Å². The van der Waals surface area contributed by atoms with Crippen LogP contribution in [0, 0.1) is 0 Å². The van der Waals surface area contributed by atoms with Gasteiger partial charge in [-0.15, -0.1) is 0 Å². The molecule has 7 nitrogen and oxygen atoms in total. The maximum Gasteiger partial charge on any atom is 0.325 e. The summed E-state index contributed by atoms with van der Waals surface area (Å²) in [4.78, 5) is 24.4. The zero-order chi connectivity index (χ0) is 17.4. The Kier molecular flexibility index (Phi) is 7.27. The van der Waals surface area contributed by atoms with Gasteiger partial charge in [0.1, 0.15) is 6.54 Å². The molecule has 0 heterocycles. The highest BCUT2D eigenvalue weighted by Gasteiger charge is 2.08. The molecule has 1 amide bonds. The Morgan fingerprint density at radius 1 is 1.22 bits per heavy atom. The Morgan fingerprint density at radius 2 is 1.83 bits per heavy atom. The Labute approximate surface area is 141 Å². The molecule has 8 heteroatoms. The molecule has 0 aromatic heterocycles. The maximum absolute atomic E-state index is 11.5. The average Bonchev–Trinajstić information content (AvgIpc) is 2.47. The van der Waals surface area contributed by atoms with Crippen LogP contribution in [0.1, 0.15) is 13.8 Å². The number of thiocarbonyl (C=S) groups is 1. The maximum atomic E-state index is 11.5. The van der Waals surface area contributed by atoms with Crippen molar-refractivity contribution in [1.29, 1.82) is 0 Å². The van der Waals surface area contributed by atoms with E-state index in [0.29, 0.717) is 11.7 Å². The number of nitrogens with one attached hydrogen (secondary N) is 2. The number of rotatable bonds is 5. The van der Waals surface area contributed by atoms with Crippen molar-refractivity contribution in [3.05, 3.63) is 24.3 Å². The molecule has 0 atom stereocenters. The molecule has 0 radical (unpaired) electrons. The van der Waals surface area contributed by atoms with Gasteiger partial charge >= 0.3 is 5.97 Å². The number of hydrazine groups is 1. The van der Waals surface area contributed by atoms with Gasteiger partial charge in [-0.25, -0.2) is 0 Å². The minimum atomic E-state index is -0.269. The van der Waals surface area contributed by atoms with Crippen LogP contribution < -0.4 is 15.6 Å². The standard InChI is InChI=1S/C15H22N4O3S/c1-5-22-14(21)10-18(3)13-8-6-12(7-9-13)16-15(23)17-19(4)11(2)20/h6-9H,5,10H2,1-4H3,(H2,16,17,23). The monoisotopic (exact) mass is 338 g/mol. The number of ether oxygens (including phenoxy) is 1. The number of likely N-dealkylation sites (N-methyl/N-ethyl adjacent to an activating group) is 1. The molecule has 23 heavy (non-hydrogen) atoms. The summed E-state index contributed by atoms with van der Waals surface area (Å²) in [5.74, 6) is -0.417. The van der Waals surface area contributed by atoms with Gasteiger partial charge in [-0.1, -0.05) is 0 Å². The number of amides is 1. The highest BCUT2D eigenvalue weighted by Crippen LogP contribution is 2.16. The van der Waals surface area contributed by atoms with Gasteiger partial charge in [-0.2, -0.15) is 0 Å². The first kappa shape index (κ1) is 18.7. The fourth-order valence-electron chi connectivity index (χ4n) is 1.68. The summed E-state index contributed by atoms with van der Waals surface area (Å²) in [6.07, 6.45) is 0. The van der Waals surface area contributed by atoms with Crippen LogP contribution in [0.3, 0.4) is 0 Å². The molecule has 1 rings (SSSR count). The van der Waals surface area contributed by atoms with Crippen LogP contribution in [-0.4, -0.2) is 49.2 Å². The van der Waals surface area contributed by atoms with Gasteiger partial charge < -0.3 is 15.0 Å². The number of anilines is 2. The van der Waals surface area contributed by atoms with Gasteiger partial charge in [-0.05, 0) is 43.4 Å². The molecule has 0 aliphatic rings. The summed E-state index contributed by atoms with van der Waals surface area (Å²) in [5.41, 5.74) is 4.39. The summed E-state index contributed by atoms with van der Waals surface area (Å²) in [7, 11) is 3.40. The second-order valence-electron chi connectivity index (χ2n) is 4.85. The Hall–Kier alpha value is -2.35. The van der Waals surface area contributed by atoms with Crippen molar-refractivity contribution in [2.75, 3.05) is 37.5 Å². The topological polar surface area (TPSA) is 73.9 Å². The van der Waals surface area contributed by atoms with Crippen LogP contribution in [0.4, 0.5) is 11.4 Å². The Bertz CT molecular complexity index is 562. The first-order valence-corrected chi connectivity index (χ1v) is 7.53. The molecule has 0 spiro atoms. The van der Waals surface area contributed by atoms with Gasteiger partial charge in [0, 0.05) is 32.4 Å². The average molecular weight is 338 g/mol. The summed E-state index contributed by atoms with van der Waals surface area (Å²) in [5, 5.41) is 4.57. The van der Waals surface area contributed by atoms with E-state index in [4.69, 9.17) is 17.0 Å². The number of nitrogens with zero attached hydrogens (tertiary/aromatic N) is 2. The lowest BCUT2D eigenvalue weighted by molar-refractivity contribution is -0.141. The third-order valence-electron chi connectivity index (χ3n) is 2.98. The lowest BCUT2D eigenvalue weighted by atomic mass is 10.2. The predicted octanol–water partition coefficient (Wildman–Crippen LogP) is 1.37. The van der Waals surface area contributed by atoms with Gasteiger partial charge in [0.25, 0.3) is 0 Å². The molecule has 0 bridgehead atoms. The minimum absolute atomic E-state index is 0.148. The first-order valence-electron chi connectivity index (χ1n) is 7.12. The Morgan fingerprint density at radius 3 is 2.35 bits per heavy atom. The van der Waals surface area contributed by atoms with Crippen molar-refractivity contribution in [3.8, 4) is 0 Å². The lowest BCUT2D eigenvalue weighted by Crippen LogP contribution is -2.44. The van der Waals surface area contributed by atoms with Gasteiger partial charge in [0.15, 0.2) is 5.11 Å². The first-order chi connectivity index (χ1) is 10.8. The van der Waals surface area contributed by atoms with E-state index >= 15 is 0 Å². The van der Waals surface area contributed by atoms with Crippen LogP contribution in [0.5, 0.6) is 0 Å². The predicted molar refractivity (Wildman–Crippen MR) is 94.1 cm³/mol. The van der Waals surface area contributed by atoms with Crippen molar-refractivity contribution in [2.45, 2.75) is 13.8 Å². The second kappa shape index (κ2) is 8.94. The molecule has 2 N–H and O–H groups in total. The highest BCUT2D eigenvalue weighted by molar-refractivity contribution is 7.80. The molecular weight excluding hydrogens is 316 g/mol. The normalized spacial score (nSPS) is 9.74. The van der Waals surface area contributed by atoms with Crippen LogP contribution >= 0.6 is 12.2 Å². The van der Waals surface area contributed by atoms with E-state index in [2.05, 4.69) is 10.7 Å². The van der Waals surface area contributed by atoms with Crippen molar-refractivity contribution in [1.82, 2.24) is 10.4 Å². The van der Waals surface area contributed by atoms with Crippen LogP contribution in [0.2, 0.25) is 0 Å². The quantitative estimate of drug-likeness (QED) is 0.477. The van der Waals surface area contributed by atoms with Gasteiger partial charge in [0.05, 0.1) is 6.61 Å². The molecular formula is C15H22N4O3S. The summed E-state index contributed by atoms with van der Waals surface area (Å²) >= 11 is 5.11. The molecule has 0 aliphatic heterocycles. The van der Waals surface area contributed by atoms with E-state index < -0.39 is 0 Å². The third-order valence-corrected chi connectivity index (χ3v) is 3.17. The van der Waals surface area contributed by atoms with E-state index in [9.17, 15) is 9.59 Å². The molecule has 0 aliphatic carbocycles. The zero-order valence-electron chi connectivity index (χ0n) is 13.8. The van der Waals surface area contributed by atoms with Crippen molar-refractivity contribution in [2.24, 2.45) is 0 Å². The van der Waals surface area contributed by atoms with E-state index in [-0.39, 0.29) is 18.4 Å². The number of hydrogen-bond donors (Lipinski definition) is 2. The fraction of sp³-hybridized carbons (Fsp3) is 0.400. The molecule has 126 valence electrons. The number of carbonyl (C=O) groups is 2. The van der Waals surface area contributed by atoms with E-state index in [1.807, 2.05) is 31.3 Å². The molecule has 1 aromatic rings. The van der Waals surface area contributed by atoms with Crippen LogP contribution in [0.15, 0.2) is 24.3 Å². The zero-order valence-corrected chi connectivity index (χ0v) is 14.6. The fourth-order valence-corrected chi connectivity index (χ4v) is 1.94. The summed E-state index contributed by atoms with van der Waals surface area (Å²) in [6.45, 7) is 3.77. The second-order valence-corrected chi connectivity index (χ2v) is 5.26. The molecule has 0 saturated carbocycles. The summed E-state index contributed by atoms with van der Waals surface area (Å²) in [6, 6.07) is 7.38. The number of benzene rings is 1. The molecule has 0 fully saturated rings. The smallest absolute Gasteiger partial charge is 0.325 e. The van der Waals surface area contributed by atoms with Crippen molar-refractivity contribution >= 4 is 40.6 Å². The van der Waals surface area contributed by atoms with E-state index in [1.165, 1.54) is 11.9 Å². The highest BCUT2D eigenvalue weighted by atomic mass is 32.1. The van der Waals surface area contributed by atoms with E-state index in [1.54, 1.807) is 18.9 Å². The van der Waals surface area contributed by atoms with Crippen molar-refractivity contribution in [3.63, 3.8) is 0 Å². The number of hydrogen-bond acceptors (Lipinski definition) is 5. The van der Waals surface area contributed by atoms with Crippen LogP contribution in [-0.2, 0) is 14.3 Å². The molecule has 0 unspecified atom stereocenters. The van der Waals surface area contributed by atoms with E-state index in [0.717, 1.165) is 11.4 Å². The Balaban J connectivity index is 2.57. The van der Waals surface area contributed by atoms with Crippen molar-refractivity contribution < 1.29 is 14.3 Å².